The van der Waals surface area contributed by atoms with Crippen molar-refractivity contribution < 1.29 is 9.53 Å². The van der Waals surface area contributed by atoms with Gasteiger partial charge in [-0.1, -0.05) is 11.3 Å². The van der Waals surface area contributed by atoms with Crippen molar-refractivity contribution in [2.75, 3.05) is 45.2 Å². The molecule has 0 aliphatic carbocycles. The van der Waals surface area contributed by atoms with E-state index in [0.717, 1.165) is 42.1 Å². The van der Waals surface area contributed by atoms with Crippen LogP contribution in [0.15, 0.2) is 18.2 Å². The van der Waals surface area contributed by atoms with E-state index in [-0.39, 0.29) is 5.91 Å². The molecule has 3 rings (SSSR count). The Hall–Kier alpha value is -1.70. The number of anilines is 1. The van der Waals surface area contributed by atoms with Crippen LogP contribution >= 0.6 is 11.3 Å². The van der Waals surface area contributed by atoms with E-state index in [1.165, 1.54) is 11.3 Å². The maximum Gasteiger partial charge on any atom is 0.240 e. The van der Waals surface area contributed by atoms with Gasteiger partial charge in [0, 0.05) is 32.2 Å². The number of fused-ring (bicyclic) bond motifs is 1. The van der Waals surface area contributed by atoms with Gasteiger partial charge in [0.25, 0.3) is 0 Å². The van der Waals surface area contributed by atoms with Crippen LogP contribution in [0.5, 0.6) is 5.75 Å². The van der Waals surface area contributed by atoms with Crippen LogP contribution < -0.4 is 15.4 Å². The summed E-state index contributed by atoms with van der Waals surface area (Å²) in [5.41, 5.74) is 0.844. The van der Waals surface area contributed by atoms with Crippen LogP contribution in [0.2, 0.25) is 0 Å². The summed E-state index contributed by atoms with van der Waals surface area (Å²) in [7, 11) is 1.63. The molecule has 0 spiro atoms. The molecule has 1 aliphatic heterocycles. The fourth-order valence-electron chi connectivity index (χ4n) is 2.32. The first-order valence-electron chi connectivity index (χ1n) is 6.92. The first-order valence-corrected chi connectivity index (χ1v) is 7.74. The van der Waals surface area contributed by atoms with Crippen LogP contribution in [-0.4, -0.2) is 55.6 Å². The lowest BCUT2D eigenvalue weighted by molar-refractivity contribution is -0.117. The second-order valence-electron chi connectivity index (χ2n) is 4.93. The number of thiazole rings is 1. The van der Waals surface area contributed by atoms with E-state index < -0.39 is 0 Å². The molecule has 0 radical (unpaired) electrons. The number of nitrogens with zero attached hydrogens (tertiary/aromatic N) is 2. The zero-order valence-corrected chi connectivity index (χ0v) is 12.7. The molecule has 0 bridgehead atoms. The number of hydrogen-bond acceptors (Lipinski definition) is 6. The molecule has 7 heteroatoms. The summed E-state index contributed by atoms with van der Waals surface area (Å²) in [5.74, 6) is 0.759. The van der Waals surface area contributed by atoms with E-state index in [1.807, 2.05) is 18.2 Å². The third-order valence-electron chi connectivity index (χ3n) is 3.42. The molecule has 2 N–H and O–H groups in total. The predicted molar refractivity (Wildman–Crippen MR) is 84.1 cm³/mol. The van der Waals surface area contributed by atoms with Gasteiger partial charge in [-0.2, -0.15) is 0 Å². The van der Waals surface area contributed by atoms with Crippen LogP contribution in [0.1, 0.15) is 0 Å². The number of amides is 1. The van der Waals surface area contributed by atoms with Gasteiger partial charge in [-0.05, 0) is 12.1 Å². The Morgan fingerprint density at radius 3 is 3.05 bits per heavy atom. The highest BCUT2D eigenvalue weighted by Gasteiger charge is 2.15. The minimum atomic E-state index is -0.0112. The Balaban J connectivity index is 1.65. The summed E-state index contributed by atoms with van der Waals surface area (Å²) in [6.45, 7) is 4.11. The van der Waals surface area contributed by atoms with E-state index in [9.17, 15) is 4.79 Å². The predicted octanol–water partition coefficient (Wildman–Crippen LogP) is 1.15. The topological polar surface area (TPSA) is 66.5 Å². The maximum absolute atomic E-state index is 12.0. The average molecular weight is 306 g/mol. The first kappa shape index (κ1) is 14.2. The fourth-order valence-corrected chi connectivity index (χ4v) is 3.18. The highest BCUT2D eigenvalue weighted by atomic mass is 32.1. The van der Waals surface area contributed by atoms with Gasteiger partial charge < -0.3 is 15.4 Å². The Kier molecular flexibility index (Phi) is 4.33. The number of rotatable bonds is 4. The molecule has 1 saturated heterocycles. The maximum atomic E-state index is 12.0. The summed E-state index contributed by atoms with van der Waals surface area (Å²) in [6.07, 6.45) is 0. The minimum absolute atomic E-state index is 0.0112. The molecule has 1 aliphatic rings. The SMILES string of the molecule is COc1ccc2sc(NC(=O)CN3CCNCC3)nc2c1. The van der Waals surface area contributed by atoms with Gasteiger partial charge in [-0.15, -0.1) is 0 Å². The minimum Gasteiger partial charge on any atom is -0.497 e. The molecule has 2 aromatic rings. The van der Waals surface area contributed by atoms with Gasteiger partial charge in [-0.3, -0.25) is 9.69 Å². The summed E-state index contributed by atoms with van der Waals surface area (Å²) >= 11 is 1.48. The third-order valence-corrected chi connectivity index (χ3v) is 4.37. The molecule has 2 heterocycles. The van der Waals surface area contributed by atoms with Crippen molar-refractivity contribution in [1.82, 2.24) is 15.2 Å². The molecular formula is C14H18N4O2S. The van der Waals surface area contributed by atoms with Crippen LogP contribution in [0.3, 0.4) is 0 Å². The Morgan fingerprint density at radius 2 is 2.29 bits per heavy atom. The number of carbonyl (C=O) groups excluding carboxylic acids is 1. The molecular weight excluding hydrogens is 288 g/mol. The van der Waals surface area contributed by atoms with Crippen molar-refractivity contribution in [3.05, 3.63) is 18.2 Å². The third kappa shape index (κ3) is 3.49. The highest BCUT2D eigenvalue weighted by Crippen LogP contribution is 2.28. The van der Waals surface area contributed by atoms with Crippen molar-refractivity contribution >= 4 is 32.6 Å². The average Bonchev–Trinajstić information content (AvgIpc) is 2.89. The smallest absolute Gasteiger partial charge is 0.240 e. The number of nitrogens with one attached hydrogen (secondary N) is 2. The number of piperazine rings is 1. The molecule has 0 unspecified atom stereocenters. The van der Waals surface area contributed by atoms with E-state index in [0.29, 0.717) is 11.7 Å². The first-order chi connectivity index (χ1) is 10.2. The Bertz CT molecular complexity index is 637. The van der Waals surface area contributed by atoms with Crippen LogP contribution in [0.4, 0.5) is 5.13 Å². The lowest BCUT2D eigenvalue weighted by Gasteiger charge is -2.26. The lowest BCUT2D eigenvalue weighted by atomic mass is 10.3. The molecule has 112 valence electrons. The van der Waals surface area contributed by atoms with E-state index in [1.54, 1.807) is 7.11 Å². The number of benzene rings is 1. The van der Waals surface area contributed by atoms with Gasteiger partial charge in [0.2, 0.25) is 5.91 Å². The number of methoxy groups -OCH3 is 1. The second-order valence-corrected chi connectivity index (χ2v) is 5.96. The van der Waals surface area contributed by atoms with Crippen LogP contribution in [0.25, 0.3) is 10.2 Å². The molecule has 21 heavy (non-hydrogen) atoms. The standard InChI is InChI=1S/C14H18N4O2S/c1-20-10-2-3-12-11(8-10)16-14(21-12)17-13(19)9-18-6-4-15-5-7-18/h2-3,8,15H,4-7,9H2,1H3,(H,16,17,19). The Morgan fingerprint density at radius 1 is 1.48 bits per heavy atom. The lowest BCUT2D eigenvalue weighted by Crippen LogP contribution is -2.46. The van der Waals surface area contributed by atoms with Crippen molar-refractivity contribution in [1.29, 1.82) is 0 Å². The normalized spacial score (nSPS) is 16.0. The molecule has 0 saturated carbocycles. The van der Waals surface area contributed by atoms with Crippen LogP contribution in [-0.2, 0) is 4.79 Å². The largest absolute Gasteiger partial charge is 0.497 e. The van der Waals surface area contributed by atoms with Gasteiger partial charge in [-0.25, -0.2) is 4.98 Å². The number of ether oxygens (including phenoxy) is 1. The highest BCUT2D eigenvalue weighted by molar-refractivity contribution is 7.22. The molecule has 1 fully saturated rings. The summed E-state index contributed by atoms with van der Waals surface area (Å²) < 4.78 is 6.21. The van der Waals surface area contributed by atoms with Gasteiger partial charge in [0.05, 0.1) is 23.9 Å². The second kappa shape index (κ2) is 6.38. The molecule has 1 aromatic heterocycles. The van der Waals surface area contributed by atoms with Crippen molar-refractivity contribution in [2.24, 2.45) is 0 Å². The summed E-state index contributed by atoms with van der Waals surface area (Å²) in [6, 6.07) is 5.72. The van der Waals surface area contributed by atoms with Gasteiger partial charge >= 0.3 is 0 Å². The van der Waals surface area contributed by atoms with Crippen molar-refractivity contribution in [3.63, 3.8) is 0 Å². The molecule has 1 amide bonds. The number of aromatic nitrogens is 1. The van der Waals surface area contributed by atoms with Gasteiger partial charge in [0.1, 0.15) is 5.75 Å². The van der Waals surface area contributed by atoms with Crippen molar-refractivity contribution in [2.45, 2.75) is 0 Å². The summed E-state index contributed by atoms with van der Waals surface area (Å²) in [5, 5.41) is 6.79. The number of carbonyl (C=O) groups is 1. The van der Waals surface area contributed by atoms with E-state index in [4.69, 9.17) is 4.74 Å². The molecule has 6 nitrogen and oxygen atoms in total. The van der Waals surface area contributed by atoms with Crippen molar-refractivity contribution in [3.8, 4) is 5.75 Å². The molecule has 1 aromatic carbocycles. The zero-order valence-electron chi connectivity index (χ0n) is 11.9. The Labute approximate surface area is 127 Å². The summed E-state index contributed by atoms with van der Waals surface area (Å²) in [4.78, 5) is 18.6. The zero-order chi connectivity index (χ0) is 14.7. The van der Waals surface area contributed by atoms with Gasteiger partial charge in [0.15, 0.2) is 5.13 Å². The monoisotopic (exact) mass is 306 g/mol. The quantitative estimate of drug-likeness (QED) is 0.887. The molecule has 0 atom stereocenters. The van der Waals surface area contributed by atoms with E-state index >= 15 is 0 Å². The van der Waals surface area contributed by atoms with Crippen LogP contribution in [0, 0.1) is 0 Å². The van der Waals surface area contributed by atoms with E-state index in [2.05, 4.69) is 20.5 Å². The fraction of sp³-hybridized carbons (Fsp3) is 0.429. The number of hydrogen-bond donors (Lipinski definition) is 2.